The van der Waals surface area contributed by atoms with Crippen LogP contribution in [0.5, 0.6) is 0 Å². The maximum absolute atomic E-state index is 5.90. The monoisotopic (exact) mass is 508 g/mol. The molecule has 0 amide bonds. The zero-order valence-corrected chi connectivity index (χ0v) is 23.8. The van der Waals surface area contributed by atoms with Gasteiger partial charge < -0.3 is 36.3 Å². The summed E-state index contributed by atoms with van der Waals surface area (Å²) in [4.78, 5) is 0. The first kappa shape index (κ1) is 29.3. The van der Waals surface area contributed by atoms with Crippen LogP contribution in [-0.2, 0) is 36.3 Å². The molecule has 0 N–H and O–H groups in total. The van der Waals surface area contributed by atoms with Crippen LogP contribution in [0.4, 0.5) is 0 Å². The normalized spacial score (nSPS) is 26.4. The van der Waals surface area contributed by atoms with E-state index < -0.39 is 17.4 Å². The Labute approximate surface area is 203 Å². The second-order valence-corrected chi connectivity index (χ2v) is 15.7. The molecule has 3 rings (SSSR count). The Morgan fingerprint density at radius 2 is 1.55 bits per heavy atom. The number of epoxide rings is 2. The fourth-order valence-corrected chi connectivity index (χ4v) is 9.34. The van der Waals surface area contributed by atoms with Gasteiger partial charge in [0.25, 0.3) is 0 Å². The van der Waals surface area contributed by atoms with Crippen LogP contribution < -0.4 is 0 Å². The molecule has 4 unspecified atom stereocenters. The molecule has 3 fully saturated rings. The Kier molecular flexibility index (Phi) is 13.6. The number of hydrogen-bond acceptors (Lipinski definition) is 8. The number of fused-ring (bicyclic) bond motifs is 1. The van der Waals surface area contributed by atoms with Gasteiger partial charge in [-0.15, -0.1) is 0 Å². The van der Waals surface area contributed by atoms with Crippen molar-refractivity contribution in [2.45, 2.75) is 89.3 Å². The Morgan fingerprint density at radius 3 is 2.06 bits per heavy atom. The Hall–Kier alpha value is 0.114. The largest absolute Gasteiger partial charge is 0.500 e. The van der Waals surface area contributed by atoms with Crippen LogP contribution in [0.3, 0.4) is 0 Å². The third-order valence-electron chi connectivity index (χ3n) is 6.81. The minimum absolute atomic E-state index is 0.363. The summed E-state index contributed by atoms with van der Waals surface area (Å²) in [5.41, 5.74) is 0. The molecule has 4 atom stereocenters. The number of ether oxygens (including phenoxy) is 3. The van der Waals surface area contributed by atoms with Gasteiger partial charge in [0.2, 0.25) is 0 Å². The summed E-state index contributed by atoms with van der Waals surface area (Å²) in [5, 5.41) is 0. The molecule has 8 nitrogen and oxygen atoms in total. The van der Waals surface area contributed by atoms with Crippen molar-refractivity contribution < 1.29 is 36.3 Å². The highest BCUT2D eigenvalue weighted by atomic mass is 28.4. The predicted molar refractivity (Wildman–Crippen MR) is 132 cm³/mol. The van der Waals surface area contributed by atoms with Gasteiger partial charge in [0, 0.05) is 47.2 Å². The molecule has 2 aliphatic heterocycles. The minimum Gasteiger partial charge on any atom is -0.394 e. The maximum Gasteiger partial charge on any atom is 0.500 e. The van der Waals surface area contributed by atoms with Gasteiger partial charge in [-0.25, -0.2) is 0 Å². The van der Waals surface area contributed by atoms with Gasteiger partial charge in [-0.3, -0.25) is 0 Å². The van der Waals surface area contributed by atoms with Crippen molar-refractivity contribution in [3.63, 3.8) is 0 Å². The van der Waals surface area contributed by atoms with E-state index in [1.54, 1.807) is 21.3 Å². The molecule has 0 aromatic rings. The van der Waals surface area contributed by atoms with E-state index in [2.05, 4.69) is 6.92 Å². The minimum atomic E-state index is -2.35. The van der Waals surface area contributed by atoms with Crippen molar-refractivity contribution in [1.82, 2.24) is 0 Å². The first-order chi connectivity index (χ1) is 16.0. The average Bonchev–Trinajstić information content (AvgIpc) is 3.76. The summed E-state index contributed by atoms with van der Waals surface area (Å²) >= 11 is 0. The van der Waals surface area contributed by atoms with Gasteiger partial charge in [-0.05, 0) is 64.0 Å². The first-order valence-electron chi connectivity index (χ1n) is 12.8. The van der Waals surface area contributed by atoms with Crippen LogP contribution in [0.2, 0.25) is 18.1 Å². The second-order valence-electron chi connectivity index (χ2n) is 8.99. The van der Waals surface area contributed by atoms with Crippen molar-refractivity contribution in [3.05, 3.63) is 0 Å². The van der Waals surface area contributed by atoms with Gasteiger partial charge in [-0.2, -0.15) is 0 Å². The summed E-state index contributed by atoms with van der Waals surface area (Å²) in [6.45, 7) is 10.1. The van der Waals surface area contributed by atoms with E-state index in [4.69, 9.17) is 36.3 Å². The third kappa shape index (κ3) is 10.3. The average molecular weight is 509 g/mol. The summed E-state index contributed by atoms with van der Waals surface area (Å²) in [7, 11) is 0.749. The number of hydrogen-bond donors (Lipinski definition) is 0. The lowest BCUT2D eigenvalue weighted by atomic mass is 9.88. The van der Waals surface area contributed by atoms with Crippen LogP contribution >= 0.6 is 0 Å². The molecule has 0 radical (unpaired) electrons. The molecule has 0 aromatic heterocycles. The van der Waals surface area contributed by atoms with E-state index in [-0.39, 0.29) is 0 Å². The molecular formula is C23H48O8Si2. The van der Waals surface area contributed by atoms with Crippen LogP contribution in [0.15, 0.2) is 0 Å². The van der Waals surface area contributed by atoms with Crippen molar-refractivity contribution in [1.29, 1.82) is 0 Å². The van der Waals surface area contributed by atoms with Crippen molar-refractivity contribution in [2.75, 3.05) is 54.4 Å². The standard InChI is InChI=1S/C12H26O4Si.C11H22O4Si/c1-4-15-17(6-3,16-5-2)9-7-8-13-10-12-11-14-12;1-12-16(13-2,14-3)7-6-9-4-5-10-11(8-9)15-10/h12H,4-11H2,1-3H3;9-11H,4-8H2,1-3H3. The molecule has 10 heteroatoms. The van der Waals surface area contributed by atoms with Gasteiger partial charge in [0.05, 0.1) is 25.4 Å². The van der Waals surface area contributed by atoms with E-state index >= 15 is 0 Å². The van der Waals surface area contributed by atoms with Crippen LogP contribution in [0, 0.1) is 5.92 Å². The molecule has 2 saturated heterocycles. The highest BCUT2D eigenvalue weighted by Gasteiger charge is 2.45. The summed E-state index contributed by atoms with van der Waals surface area (Å²) in [6.07, 6.45) is 7.39. The van der Waals surface area contributed by atoms with Crippen LogP contribution in [0.1, 0.15) is 52.9 Å². The molecular weight excluding hydrogens is 460 g/mol. The fourth-order valence-electron chi connectivity index (χ4n) is 4.60. The Bertz CT molecular complexity index is 504. The van der Waals surface area contributed by atoms with E-state index in [1.807, 2.05) is 13.8 Å². The zero-order chi connectivity index (χ0) is 24.2. The first-order valence-corrected chi connectivity index (χ1v) is 16.9. The van der Waals surface area contributed by atoms with Gasteiger partial charge in [-0.1, -0.05) is 6.92 Å². The topological polar surface area (TPSA) is 80.4 Å². The second kappa shape index (κ2) is 15.3. The third-order valence-corrected chi connectivity index (χ3v) is 13.4. The highest BCUT2D eigenvalue weighted by Crippen LogP contribution is 2.41. The van der Waals surface area contributed by atoms with E-state index in [9.17, 15) is 0 Å². The van der Waals surface area contributed by atoms with Crippen molar-refractivity contribution in [3.8, 4) is 0 Å². The quantitative estimate of drug-likeness (QED) is 0.165. The maximum atomic E-state index is 5.90. The SMILES string of the molecule is CCO[Si](CC)(CCCOCC1CO1)OCC.CO[Si](CCC1CCC2OC2C1)(OC)OC. The van der Waals surface area contributed by atoms with E-state index in [1.165, 1.54) is 19.3 Å². The molecule has 33 heavy (non-hydrogen) atoms. The summed E-state index contributed by atoms with van der Waals surface area (Å²) in [5.74, 6) is 0.760. The smallest absolute Gasteiger partial charge is 0.394 e. The highest BCUT2D eigenvalue weighted by molar-refractivity contribution is 6.67. The molecule has 1 saturated carbocycles. The molecule has 0 bridgehead atoms. The molecule has 196 valence electrons. The lowest BCUT2D eigenvalue weighted by Crippen LogP contribution is -2.43. The fraction of sp³-hybridized carbons (Fsp3) is 1.00. The van der Waals surface area contributed by atoms with E-state index in [0.29, 0.717) is 18.3 Å². The Balaban J connectivity index is 0.000000234. The van der Waals surface area contributed by atoms with Crippen molar-refractivity contribution >= 4 is 17.4 Å². The molecule has 2 heterocycles. The lowest BCUT2D eigenvalue weighted by molar-refractivity contribution is 0.113. The number of rotatable bonds is 17. The molecule has 1 aliphatic carbocycles. The van der Waals surface area contributed by atoms with Crippen LogP contribution in [0.25, 0.3) is 0 Å². The van der Waals surface area contributed by atoms with Crippen molar-refractivity contribution in [2.24, 2.45) is 5.92 Å². The summed E-state index contributed by atoms with van der Waals surface area (Å²) in [6, 6.07) is 2.95. The molecule has 0 aromatic carbocycles. The predicted octanol–water partition coefficient (Wildman–Crippen LogP) is 4.15. The molecule has 0 spiro atoms. The van der Waals surface area contributed by atoms with Gasteiger partial charge in [0.1, 0.15) is 6.10 Å². The van der Waals surface area contributed by atoms with E-state index in [0.717, 1.165) is 69.9 Å². The molecule has 3 aliphatic rings. The summed E-state index contributed by atoms with van der Waals surface area (Å²) < 4.78 is 44.2. The Morgan fingerprint density at radius 1 is 0.879 bits per heavy atom. The van der Waals surface area contributed by atoms with Gasteiger partial charge >= 0.3 is 17.4 Å². The van der Waals surface area contributed by atoms with Crippen LogP contribution in [-0.4, -0.2) is 90.0 Å². The lowest BCUT2D eigenvalue weighted by Gasteiger charge is -2.28. The van der Waals surface area contributed by atoms with Gasteiger partial charge in [0.15, 0.2) is 0 Å². The zero-order valence-electron chi connectivity index (χ0n) is 21.8.